The van der Waals surface area contributed by atoms with Crippen molar-refractivity contribution in [1.82, 2.24) is 9.78 Å². The van der Waals surface area contributed by atoms with Crippen molar-refractivity contribution in [1.29, 1.82) is 0 Å². The lowest BCUT2D eigenvalue weighted by molar-refractivity contribution is -0.139. The Kier molecular flexibility index (Phi) is 3.78. The van der Waals surface area contributed by atoms with E-state index in [0.717, 1.165) is 12.1 Å². The molecule has 0 saturated heterocycles. The molecule has 0 atom stereocenters. The molecular weight excluding hydrogens is 273 g/mol. The third-order valence-electron chi connectivity index (χ3n) is 2.60. The van der Waals surface area contributed by atoms with Gasteiger partial charge in [0.2, 0.25) is 0 Å². The molecule has 0 N–H and O–H groups in total. The van der Waals surface area contributed by atoms with Gasteiger partial charge in [-0.1, -0.05) is 0 Å². The first kappa shape index (κ1) is 14.1. The minimum atomic E-state index is -4.58. The molecule has 0 amide bonds. The van der Waals surface area contributed by atoms with Crippen molar-refractivity contribution in [3.63, 3.8) is 0 Å². The van der Waals surface area contributed by atoms with E-state index in [2.05, 4.69) is 5.10 Å². The maximum Gasteiger partial charge on any atom is 0.419 e. The van der Waals surface area contributed by atoms with Crippen molar-refractivity contribution in [2.24, 2.45) is 7.05 Å². The second kappa shape index (κ2) is 5.36. The van der Waals surface area contributed by atoms with Crippen LogP contribution in [0.1, 0.15) is 21.5 Å². The SMILES string of the molecule is Cn1cc(COc2ccc(C=O)cc2C(F)(F)F)cn1. The average molecular weight is 284 g/mol. The Morgan fingerprint density at radius 3 is 2.70 bits per heavy atom. The van der Waals surface area contributed by atoms with Gasteiger partial charge in [-0.25, -0.2) is 0 Å². The van der Waals surface area contributed by atoms with E-state index in [4.69, 9.17) is 4.74 Å². The zero-order chi connectivity index (χ0) is 14.8. The molecule has 0 radical (unpaired) electrons. The summed E-state index contributed by atoms with van der Waals surface area (Å²) in [6.45, 7) is -0.0304. The quantitative estimate of drug-likeness (QED) is 0.811. The highest BCUT2D eigenvalue weighted by molar-refractivity contribution is 5.75. The van der Waals surface area contributed by atoms with Crippen LogP contribution < -0.4 is 4.74 Å². The van der Waals surface area contributed by atoms with Gasteiger partial charge in [-0.3, -0.25) is 9.48 Å². The summed E-state index contributed by atoms with van der Waals surface area (Å²) < 4.78 is 45.3. The summed E-state index contributed by atoms with van der Waals surface area (Å²) in [7, 11) is 1.70. The summed E-state index contributed by atoms with van der Waals surface area (Å²) in [5.74, 6) is -0.313. The number of aryl methyl sites for hydroxylation is 1. The highest BCUT2D eigenvalue weighted by Gasteiger charge is 2.34. The van der Waals surface area contributed by atoms with E-state index >= 15 is 0 Å². The van der Waals surface area contributed by atoms with Gasteiger partial charge in [0, 0.05) is 24.4 Å². The van der Waals surface area contributed by atoms with Gasteiger partial charge in [0.05, 0.1) is 11.8 Å². The van der Waals surface area contributed by atoms with Crippen LogP contribution in [0, 0.1) is 0 Å². The van der Waals surface area contributed by atoms with Crippen LogP contribution in [0.3, 0.4) is 0 Å². The molecule has 20 heavy (non-hydrogen) atoms. The van der Waals surface area contributed by atoms with Crippen LogP contribution in [0.2, 0.25) is 0 Å². The molecule has 0 fully saturated rings. The highest BCUT2D eigenvalue weighted by Crippen LogP contribution is 2.36. The number of carbonyl (C=O) groups excluding carboxylic acids is 1. The largest absolute Gasteiger partial charge is 0.488 e. The Morgan fingerprint density at radius 2 is 2.15 bits per heavy atom. The van der Waals surface area contributed by atoms with Crippen molar-refractivity contribution < 1.29 is 22.7 Å². The molecule has 0 spiro atoms. The number of alkyl halides is 3. The summed E-state index contributed by atoms with van der Waals surface area (Å²) >= 11 is 0. The Balaban J connectivity index is 2.24. The normalized spacial score (nSPS) is 11.4. The van der Waals surface area contributed by atoms with Crippen LogP contribution in [0.4, 0.5) is 13.2 Å². The summed E-state index contributed by atoms with van der Waals surface area (Å²) in [5, 5.41) is 3.90. The lowest BCUT2D eigenvalue weighted by Crippen LogP contribution is -2.09. The third-order valence-corrected chi connectivity index (χ3v) is 2.60. The van der Waals surface area contributed by atoms with Gasteiger partial charge in [0.15, 0.2) is 0 Å². The van der Waals surface area contributed by atoms with E-state index in [1.54, 1.807) is 13.2 Å². The summed E-state index contributed by atoms with van der Waals surface area (Å²) in [4.78, 5) is 10.6. The zero-order valence-corrected chi connectivity index (χ0v) is 10.5. The highest BCUT2D eigenvalue weighted by atomic mass is 19.4. The van der Waals surface area contributed by atoms with E-state index in [-0.39, 0.29) is 17.9 Å². The van der Waals surface area contributed by atoms with Crippen molar-refractivity contribution in [3.8, 4) is 5.75 Å². The Labute approximate surface area is 112 Å². The molecule has 1 aromatic carbocycles. The van der Waals surface area contributed by atoms with Crippen LogP contribution in [-0.2, 0) is 19.8 Å². The van der Waals surface area contributed by atoms with Crippen LogP contribution in [0.15, 0.2) is 30.6 Å². The first-order valence-corrected chi connectivity index (χ1v) is 5.67. The fourth-order valence-electron chi connectivity index (χ4n) is 1.68. The zero-order valence-electron chi connectivity index (χ0n) is 10.5. The molecule has 0 aliphatic heterocycles. The number of carbonyl (C=O) groups is 1. The molecule has 0 saturated carbocycles. The predicted octanol–water partition coefficient (Wildman–Crippen LogP) is 2.83. The van der Waals surface area contributed by atoms with E-state index < -0.39 is 11.7 Å². The molecular formula is C13H11F3N2O2. The number of nitrogens with zero attached hydrogens (tertiary/aromatic N) is 2. The Hall–Kier alpha value is -2.31. The number of aldehydes is 1. The molecule has 0 unspecified atom stereocenters. The number of aromatic nitrogens is 2. The second-order valence-electron chi connectivity index (χ2n) is 4.18. The van der Waals surface area contributed by atoms with Crippen molar-refractivity contribution in [2.75, 3.05) is 0 Å². The monoisotopic (exact) mass is 284 g/mol. The van der Waals surface area contributed by atoms with Crippen LogP contribution in [0.5, 0.6) is 5.75 Å². The molecule has 2 aromatic rings. The molecule has 0 aliphatic rings. The Bertz CT molecular complexity index is 620. The van der Waals surface area contributed by atoms with E-state index in [1.807, 2.05) is 0 Å². The maximum atomic E-state index is 12.9. The number of halogens is 3. The number of benzene rings is 1. The van der Waals surface area contributed by atoms with Gasteiger partial charge in [0.25, 0.3) is 0 Å². The van der Waals surface area contributed by atoms with Crippen LogP contribution in [0.25, 0.3) is 0 Å². The summed E-state index contributed by atoms with van der Waals surface area (Å²) in [6, 6.07) is 3.19. The van der Waals surface area contributed by atoms with Gasteiger partial charge in [0.1, 0.15) is 18.6 Å². The lowest BCUT2D eigenvalue weighted by Gasteiger charge is -2.13. The van der Waals surface area contributed by atoms with E-state index in [1.165, 1.54) is 16.9 Å². The standard InChI is InChI=1S/C13H11F3N2O2/c1-18-6-10(5-17-18)8-20-12-3-2-9(7-19)4-11(12)13(14,15)16/h2-7H,8H2,1H3. The van der Waals surface area contributed by atoms with Crippen molar-refractivity contribution >= 4 is 6.29 Å². The smallest absolute Gasteiger partial charge is 0.419 e. The van der Waals surface area contributed by atoms with Gasteiger partial charge in [-0.15, -0.1) is 0 Å². The van der Waals surface area contributed by atoms with Crippen molar-refractivity contribution in [2.45, 2.75) is 12.8 Å². The predicted molar refractivity (Wildman–Crippen MR) is 64.4 cm³/mol. The third kappa shape index (κ3) is 3.17. The van der Waals surface area contributed by atoms with Gasteiger partial charge in [-0.2, -0.15) is 18.3 Å². The Morgan fingerprint density at radius 1 is 1.40 bits per heavy atom. The number of ether oxygens (including phenoxy) is 1. The van der Waals surface area contributed by atoms with Gasteiger partial charge >= 0.3 is 6.18 Å². The molecule has 4 nitrogen and oxygen atoms in total. The molecule has 0 bridgehead atoms. The van der Waals surface area contributed by atoms with E-state index in [9.17, 15) is 18.0 Å². The number of rotatable bonds is 4. The molecule has 106 valence electrons. The first-order valence-electron chi connectivity index (χ1n) is 5.67. The molecule has 1 heterocycles. The topological polar surface area (TPSA) is 44.1 Å². The van der Waals surface area contributed by atoms with E-state index in [0.29, 0.717) is 11.8 Å². The second-order valence-corrected chi connectivity index (χ2v) is 4.18. The summed E-state index contributed by atoms with van der Waals surface area (Å²) in [5.41, 5.74) is -0.364. The fourth-order valence-corrected chi connectivity index (χ4v) is 1.68. The average Bonchev–Trinajstić information content (AvgIpc) is 2.81. The van der Waals surface area contributed by atoms with Gasteiger partial charge in [-0.05, 0) is 18.2 Å². The van der Waals surface area contributed by atoms with Gasteiger partial charge < -0.3 is 4.74 Å². The van der Waals surface area contributed by atoms with Crippen LogP contribution in [-0.4, -0.2) is 16.1 Å². The number of hydrogen-bond donors (Lipinski definition) is 0. The fraction of sp³-hybridized carbons (Fsp3) is 0.231. The maximum absolute atomic E-state index is 12.9. The lowest BCUT2D eigenvalue weighted by atomic mass is 10.1. The van der Waals surface area contributed by atoms with Crippen molar-refractivity contribution in [3.05, 3.63) is 47.3 Å². The first-order chi connectivity index (χ1) is 9.40. The minimum Gasteiger partial charge on any atom is -0.488 e. The molecule has 2 rings (SSSR count). The minimum absolute atomic E-state index is 0.0304. The number of hydrogen-bond acceptors (Lipinski definition) is 3. The van der Waals surface area contributed by atoms with Crippen LogP contribution >= 0.6 is 0 Å². The molecule has 0 aliphatic carbocycles. The molecule has 1 aromatic heterocycles. The molecule has 7 heteroatoms. The summed E-state index contributed by atoms with van der Waals surface area (Å²) in [6.07, 6.45) is -1.07.